The summed E-state index contributed by atoms with van der Waals surface area (Å²) < 4.78 is 0. The van der Waals surface area contributed by atoms with E-state index in [1.54, 1.807) is 0 Å². The van der Waals surface area contributed by atoms with Gasteiger partial charge in [-0.2, -0.15) is 0 Å². The molecule has 2 aliphatic rings. The van der Waals surface area contributed by atoms with Crippen molar-refractivity contribution in [3.8, 4) is 0 Å². The highest BCUT2D eigenvalue weighted by Gasteiger charge is 2.39. The fourth-order valence-corrected chi connectivity index (χ4v) is 4.32. The summed E-state index contributed by atoms with van der Waals surface area (Å²) in [4.78, 5) is 13.6. The average Bonchev–Trinajstić information content (AvgIpc) is 3.08. The normalized spacial score (nSPS) is 26.6. The van der Waals surface area contributed by atoms with Gasteiger partial charge in [0.1, 0.15) is 6.54 Å². The molecule has 2 saturated carbocycles. The number of amides is 1. The van der Waals surface area contributed by atoms with Crippen molar-refractivity contribution in [3.63, 3.8) is 0 Å². The molecule has 3 atom stereocenters. The fraction of sp³-hybridized carbons (Fsp3) is 0.632. The predicted octanol–water partition coefficient (Wildman–Crippen LogP) is 1.77. The van der Waals surface area contributed by atoms with Gasteiger partial charge in [0.05, 0.1) is 14.1 Å². The molecule has 1 aromatic rings. The maximum Gasteiger partial charge on any atom is 0.220 e. The SMILES string of the molecule is C[NH+](C)Cc1ccc(CNC(=O)C[C@@H]2C[C@H]3CC[C@@H]2C3)cc1. The number of quaternary nitrogens is 1. The van der Waals surface area contributed by atoms with Crippen LogP contribution in [0.3, 0.4) is 0 Å². The number of hydrogen-bond acceptors (Lipinski definition) is 1. The number of carbonyl (C=O) groups is 1. The van der Waals surface area contributed by atoms with Gasteiger partial charge in [0.15, 0.2) is 0 Å². The zero-order valence-electron chi connectivity index (χ0n) is 13.9. The van der Waals surface area contributed by atoms with Crippen molar-refractivity contribution in [2.45, 2.75) is 45.2 Å². The second-order valence-corrected chi connectivity index (χ2v) is 7.62. The molecule has 3 rings (SSSR count). The highest BCUT2D eigenvalue weighted by Crippen LogP contribution is 2.49. The molecule has 0 heterocycles. The van der Waals surface area contributed by atoms with Crippen LogP contribution in [0.25, 0.3) is 0 Å². The molecule has 0 aliphatic heterocycles. The van der Waals surface area contributed by atoms with E-state index in [-0.39, 0.29) is 5.91 Å². The Kier molecular flexibility index (Phi) is 4.82. The van der Waals surface area contributed by atoms with Crippen LogP contribution >= 0.6 is 0 Å². The summed E-state index contributed by atoms with van der Waals surface area (Å²) in [6.45, 7) is 1.70. The number of hydrogen-bond donors (Lipinski definition) is 2. The minimum Gasteiger partial charge on any atom is -0.352 e. The molecule has 3 heteroatoms. The van der Waals surface area contributed by atoms with E-state index in [9.17, 15) is 4.79 Å². The monoisotopic (exact) mass is 301 g/mol. The molecule has 120 valence electrons. The Morgan fingerprint density at radius 3 is 2.45 bits per heavy atom. The highest BCUT2D eigenvalue weighted by molar-refractivity contribution is 5.76. The smallest absolute Gasteiger partial charge is 0.220 e. The minimum absolute atomic E-state index is 0.236. The van der Waals surface area contributed by atoms with Crippen LogP contribution in [0.2, 0.25) is 0 Å². The van der Waals surface area contributed by atoms with Crippen LogP contribution in [0.4, 0.5) is 0 Å². The van der Waals surface area contributed by atoms with Crippen molar-refractivity contribution in [2.75, 3.05) is 14.1 Å². The largest absolute Gasteiger partial charge is 0.352 e. The van der Waals surface area contributed by atoms with E-state index in [1.165, 1.54) is 41.7 Å². The second-order valence-electron chi connectivity index (χ2n) is 7.62. The summed E-state index contributed by atoms with van der Waals surface area (Å²) in [6, 6.07) is 8.61. The zero-order valence-corrected chi connectivity index (χ0v) is 13.9. The van der Waals surface area contributed by atoms with Crippen LogP contribution in [-0.2, 0) is 17.9 Å². The molecule has 2 fully saturated rings. The van der Waals surface area contributed by atoms with Crippen LogP contribution in [0, 0.1) is 17.8 Å². The maximum absolute atomic E-state index is 12.1. The number of benzene rings is 1. The van der Waals surface area contributed by atoms with Gasteiger partial charge >= 0.3 is 0 Å². The van der Waals surface area contributed by atoms with Crippen LogP contribution < -0.4 is 10.2 Å². The third-order valence-electron chi connectivity index (χ3n) is 5.40. The van der Waals surface area contributed by atoms with Crippen LogP contribution in [0.15, 0.2) is 24.3 Å². The third-order valence-corrected chi connectivity index (χ3v) is 5.40. The summed E-state index contributed by atoms with van der Waals surface area (Å²) in [5.74, 6) is 2.65. The third kappa shape index (κ3) is 3.89. The molecular formula is C19H29N2O+. The lowest BCUT2D eigenvalue weighted by atomic mass is 9.86. The van der Waals surface area contributed by atoms with Crippen LogP contribution in [-0.4, -0.2) is 20.0 Å². The summed E-state index contributed by atoms with van der Waals surface area (Å²) in [7, 11) is 4.31. The lowest BCUT2D eigenvalue weighted by Gasteiger charge is -2.20. The van der Waals surface area contributed by atoms with E-state index >= 15 is 0 Å². The first-order valence-corrected chi connectivity index (χ1v) is 8.73. The molecule has 2 N–H and O–H groups in total. The lowest BCUT2D eigenvalue weighted by molar-refractivity contribution is -0.872. The number of fused-ring (bicyclic) bond motifs is 2. The summed E-state index contributed by atoms with van der Waals surface area (Å²) >= 11 is 0. The fourth-order valence-electron chi connectivity index (χ4n) is 4.32. The van der Waals surface area contributed by atoms with E-state index in [1.807, 2.05) is 0 Å². The van der Waals surface area contributed by atoms with Gasteiger partial charge in [-0.25, -0.2) is 0 Å². The maximum atomic E-state index is 12.1. The average molecular weight is 301 g/mol. The van der Waals surface area contributed by atoms with Crippen LogP contribution in [0.1, 0.15) is 43.2 Å². The summed E-state index contributed by atoms with van der Waals surface area (Å²) in [5.41, 5.74) is 2.54. The Balaban J connectivity index is 1.43. The molecule has 1 aromatic carbocycles. The zero-order chi connectivity index (χ0) is 15.5. The van der Waals surface area contributed by atoms with Gasteiger partial charge in [0, 0.05) is 18.5 Å². The van der Waals surface area contributed by atoms with E-state index in [2.05, 4.69) is 43.7 Å². The van der Waals surface area contributed by atoms with Crippen molar-refractivity contribution in [1.82, 2.24) is 5.32 Å². The first-order chi connectivity index (χ1) is 10.6. The summed E-state index contributed by atoms with van der Waals surface area (Å²) in [6.07, 6.45) is 6.18. The van der Waals surface area contributed by atoms with E-state index in [0.29, 0.717) is 12.5 Å². The molecule has 0 saturated heterocycles. The molecule has 1 amide bonds. The molecule has 0 spiro atoms. The molecule has 2 aliphatic carbocycles. The van der Waals surface area contributed by atoms with E-state index in [4.69, 9.17) is 0 Å². The molecular weight excluding hydrogens is 272 g/mol. The van der Waals surface area contributed by atoms with Gasteiger partial charge in [0.2, 0.25) is 5.91 Å². The number of rotatable bonds is 6. The Morgan fingerprint density at radius 1 is 1.14 bits per heavy atom. The van der Waals surface area contributed by atoms with E-state index in [0.717, 1.165) is 24.8 Å². The van der Waals surface area contributed by atoms with Gasteiger partial charge in [0.25, 0.3) is 0 Å². The van der Waals surface area contributed by atoms with Gasteiger partial charge in [-0.15, -0.1) is 0 Å². The molecule has 3 nitrogen and oxygen atoms in total. The topological polar surface area (TPSA) is 33.5 Å². The Labute approximate surface area is 134 Å². The minimum atomic E-state index is 0.236. The Hall–Kier alpha value is -1.35. The number of carbonyl (C=O) groups excluding carboxylic acids is 1. The van der Waals surface area contributed by atoms with Gasteiger partial charge in [-0.3, -0.25) is 4.79 Å². The van der Waals surface area contributed by atoms with Crippen molar-refractivity contribution in [3.05, 3.63) is 35.4 Å². The molecule has 0 aromatic heterocycles. The quantitative estimate of drug-likeness (QED) is 0.825. The second kappa shape index (κ2) is 6.82. The highest BCUT2D eigenvalue weighted by atomic mass is 16.1. The van der Waals surface area contributed by atoms with Crippen molar-refractivity contribution < 1.29 is 9.69 Å². The van der Waals surface area contributed by atoms with Gasteiger partial charge < -0.3 is 10.2 Å². The standard InChI is InChI=1S/C19H28N2O/c1-21(2)13-15-5-3-14(4-6-15)12-20-19(22)11-18-10-16-7-8-17(18)9-16/h3-6,16-18H,7-13H2,1-2H3,(H,20,22)/p+1/t16-,17+,18-/m0/s1. The van der Waals surface area contributed by atoms with Crippen molar-refractivity contribution in [2.24, 2.45) is 17.8 Å². The van der Waals surface area contributed by atoms with E-state index < -0.39 is 0 Å². The van der Waals surface area contributed by atoms with Crippen LogP contribution in [0.5, 0.6) is 0 Å². The van der Waals surface area contributed by atoms with Gasteiger partial charge in [-0.05, 0) is 42.6 Å². The Bertz CT molecular complexity index is 509. The molecule has 2 bridgehead atoms. The predicted molar refractivity (Wildman–Crippen MR) is 88.4 cm³/mol. The Morgan fingerprint density at radius 2 is 1.86 bits per heavy atom. The lowest BCUT2D eigenvalue weighted by Crippen LogP contribution is -3.04. The summed E-state index contributed by atoms with van der Waals surface area (Å²) in [5, 5.41) is 3.10. The van der Waals surface area contributed by atoms with Crippen molar-refractivity contribution >= 4 is 5.91 Å². The number of nitrogens with one attached hydrogen (secondary N) is 2. The molecule has 22 heavy (non-hydrogen) atoms. The van der Waals surface area contributed by atoms with Gasteiger partial charge in [-0.1, -0.05) is 30.7 Å². The molecule has 0 unspecified atom stereocenters. The first kappa shape index (κ1) is 15.5. The molecule has 0 radical (unpaired) electrons. The van der Waals surface area contributed by atoms with Crippen molar-refractivity contribution in [1.29, 1.82) is 0 Å². The first-order valence-electron chi connectivity index (χ1n) is 8.73.